The molecule has 3 aliphatic carbocycles. The second-order valence-corrected chi connectivity index (χ2v) is 12.4. The minimum atomic E-state index is -0.677. The number of rotatable bonds is 9. The fourth-order valence-corrected chi connectivity index (χ4v) is 8.10. The van der Waals surface area contributed by atoms with Crippen LogP contribution < -0.4 is 10.9 Å². The van der Waals surface area contributed by atoms with Crippen LogP contribution in [0, 0.1) is 75.5 Å². The Hall–Kier alpha value is -5.02. The molecule has 6 atom stereocenters. The SMILES string of the molecule is C/C(=N/Nc1ccc([N+](=O)[O-])cc1[N+](=O)[O-])[C@H]1CC[C@@H]2[C@@H]3CC/C(=N\Nc4ccc([N+](=O)[O-])cc4[N+](=O)[O-])[C@H](C)[C@H]3CC[C@@]12C. The number of hydrogen-bond acceptors (Lipinski definition) is 12. The Labute approximate surface area is 257 Å². The number of anilines is 2. The molecular weight excluding hydrogens is 588 g/mol. The number of benzene rings is 2. The van der Waals surface area contributed by atoms with Crippen molar-refractivity contribution in [2.45, 2.75) is 59.3 Å². The summed E-state index contributed by atoms with van der Waals surface area (Å²) >= 11 is 0. The van der Waals surface area contributed by atoms with Crippen molar-refractivity contribution in [1.82, 2.24) is 0 Å². The van der Waals surface area contributed by atoms with E-state index in [1.807, 2.05) is 6.92 Å². The van der Waals surface area contributed by atoms with Gasteiger partial charge in [0.1, 0.15) is 11.4 Å². The molecule has 0 spiro atoms. The van der Waals surface area contributed by atoms with Gasteiger partial charge < -0.3 is 0 Å². The summed E-state index contributed by atoms with van der Waals surface area (Å²) in [6.45, 7) is 6.37. The first-order valence-electron chi connectivity index (χ1n) is 14.8. The van der Waals surface area contributed by atoms with Crippen LogP contribution >= 0.6 is 0 Å². The molecule has 0 aliphatic heterocycles. The van der Waals surface area contributed by atoms with Gasteiger partial charge in [0, 0.05) is 29.5 Å². The predicted octanol–water partition coefficient (Wildman–Crippen LogP) is 7.06. The molecule has 2 aromatic carbocycles. The number of hydrazone groups is 2. The Balaban J connectivity index is 1.29. The smallest absolute Gasteiger partial charge is 0.272 e. The molecule has 3 fully saturated rings. The lowest BCUT2D eigenvalue weighted by Gasteiger charge is -2.52. The molecule has 238 valence electrons. The maximum absolute atomic E-state index is 11.5. The number of nitrogens with one attached hydrogen (secondary N) is 2. The van der Waals surface area contributed by atoms with E-state index in [4.69, 9.17) is 0 Å². The lowest BCUT2D eigenvalue weighted by molar-refractivity contribution is -0.393. The first-order valence-corrected chi connectivity index (χ1v) is 14.8. The van der Waals surface area contributed by atoms with Gasteiger partial charge in [0.25, 0.3) is 11.4 Å². The van der Waals surface area contributed by atoms with Gasteiger partial charge in [-0.25, -0.2) is 0 Å². The van der Waals surface area contributed by atoms with Gasteiger partial charge in [0.2, 0.25) is 0 Å². The number of nitro groups is 4. The second-order valence-electron chi connectivity index (χ2n) is 12.4. The van der Waals surface area contributed by atoms with E-state index >= 15 is 0 Å². The van der Waals surface area contributed by atoms with Gasteiger partial charge in [-0.3, -0.25) is 51.3 Å². The largest absolute Gasteiger partial charge is 0.301 e. The van der Waals surface area contributed by atoms with Crippen molar-refractivity contribution in [2.24, 2.45) is 45.2 Å². The molecule has 16 nitrogen and oxygen atoms in total. The fraction of sp³-hybridized carbons (Fsp3) is 0.517. The molecule has 0 aromatic heterocycles. The van der Waals surface area contributed by atoms with Crippen molar-refractivity contribution in [3.05, 3.63) is 76.9 Å². The van der Waals surface area contributed by atoms with E-state index in [2.05, 4.69) is 34.9 Å². The van der Waals surface area contributed by atoms with E-state index in [0.717, 1.165) is 62.1 Å². The maximum Gasteiger partial charge on any atom is 0.301 e. The van der Waals surface area contributed by atoms with Crippen molar-refractivity contribution >= 4 is 45.5 Å². The summed E-state index contributed by atoms with van der Waals surface area (Å²) in [6.07, 6.45) is 5.55. The summed E-state index contributed by atoms with van der Waals surface area (Å²) in [5, 5.41) is 54.3. The molecule has 2 aromatic rings. The zero-order valence-electron chi connectivity index (χ0n) is 25.0. The molecule has 3 saturated carbocycles. The van der Waals surface area contributed by atoms with Crippen LogP contribution in [0.3, 0.4) is 0 Å². The van der Waals surface area contributed by atoms with E-state index in [9.17, 15) is 40.5 Å². The average Bonchev–Trinajstić information content (AvgIpc) is 3.36. The lowest BCUT2D eigenvalue weighted by Crippen LogP contribution is -2.48. The Bertz CT molecular complexity index is 1630. The summed E-state index contributed by atoms with van der Waals surface area (Å²) in [5.74, 6) is 1.63. The van der Waals surface area contributed by atoms with Crippen LogP contribution in [0.5, 0.6) is 0 Å². The van der Waals surface area contributed by atoms with Gasteiger partial charge in [0.15, 0.2) is 0 Å². The maximum atomic E-state index is 11.5. The normalized spacial score (nSPS) is 28.6. The Morgan fingerprint density at radius 1 is 0.800 bits per heavy atom. The highest BCUT2D eigenvalue weighted by atomic mass is 16.6. The number of nitro benzene ring substituents is 4. The van der Waals surface area contributed by atoms with E-state index < -0.39 is 31.1 Å². The number of fused-ring (bicyclic) bond motifs is 3. The molecule has 0 amide bonds. The van der Waals surface area contributed by atoms with Crippen molar-refractivity contribution in [2.75, 3.05) is 10.9 Å². The molecule has 0 unspecified atom stereocenters. The standard InChI is InChI=1S/C29H34N8O8/c1-16-20-12-13-29(3)22(17(2)30-32-25-9-4-18(34(38)39)14-27(25)36(42)43)7-8-23(29)21(20)6-11-24(16)31-33-26-10-5-19(35(40)41)15-28(26)37(44)45/h4-5,9-10,14-16,20-23,32-33H,6-8,11-13H2,1-3H3/b30-17-,31-24+/t16-,20-,21-,22-,23-,29+/m1/s1. The average molecular weight is 623 g/mol. The zero-order valence-corrected chi connectivity index (χ0v) is 25.0. The van der Waals surface area contributed by atoms with Crippen LogP contribution in [0.2, 0.25) is 0 Å². The molecular formula is C29H34N8O8. The summed E-state index contributed by atoms with van der Waals surface area (Å²) < 4.78 is 0. The van der Waals surface area contributed by atoms with Crippen LogP contribution in [-0.4, -0.2) is 31.1 Å². The second kappa shape index (κ2) is 12.2. The van der Waals surface area contributed by atoms with Crippen LogP contribution in [-0.2, 0) is 0 Å². The first-order chi connectivity index (χ1) is 21.3. The van der Waals surface area contributed by atoms with Crippen molar-refractivity contribution in [3.8, 4) is 0 Å². The van der Waals surface area contributed by atoms with Gasteiger partial charge in [-0.15, -0.1) is 0 Å². The van der Waals surface area contributed by atoms with E-state index in [0.29, 0.717) is 17.8 Å². The molecule has 45 heavy (non-hydrogen) atoms. The van der Waals surface area contributed by atoms with E-state index in [-0.39, 0.29) is 40.0 Å². The first kappa shape index (κ1) is 31.4. The number of hydrogen-bond donors (Lipinski definition) is 2. The molecule has 0 heterocycles. The number of nitrogens with zero attached hydrogens (tertiary/aromatic N) is 6. The van der Waals surface area contributed by atoms with E-state index in [1.54, 1.807) is 0 Å². The third-order valence-electron chi connectivity index (χ3n) is 10.3. The quantitative estimate of drug-likeness (QED) is 0.164. The topological polar surface area (TPSA) is 221 Å². The van der Waals surface area contributed by atoms with Gasteiger partial charge in [-0.05, 0) is 86.7 Å². The number of non-ortho nitro benzene ring substituents is 2. The Morgan fingerprint density at radius 3 is 1.93 bits per heavy atom. The molecule has 2 N–H and O–H groups in total. The van der Waals surface area contributed by atoms with Crippen LogP contribution in [0.4, 0.5) is 34.1 Å². The third kappa shape index (κ3) is 5.91. The molecule has 3 aliphatic rings. The molecule has 0 bridgehead atoms. The molecule has 16 heteroatoms. The van der Waals surface area contributed by atoms with Crippen LogP contribution in [0.1, 0.15) is 59.3 Å². The summed E-state index contributed by atoms with van der Waals surface area (Å²) in [7, 11) is 0. The predicted molar refractivity (Wildman–Crippen MR) is 166 cm³/mol. The summed E-state index contributed by atoms with van der Waals surface area (Å²) in [5.41, 5.74) is 5.99. The zero-order chi connectivity index (χ0) is 32.6. The summed E-state index contributed by atoms with van der Waals surface area (Å²) in [6, 6.07) is 6.87. The summed E-state index contributed by atoms with van der Waals surface area (Å²) in [4.78, 5) is 42.5. The van der Waals surface area contributed by atoms with Crippen LogP contribution in [0.15, 0.2) is 46.6 Å². The fourth-order valence-electron chi connectivity index (χ4n) is 8.10. The Kier molecular flexibility index (Phi) is 8.49. The Morgan fingerprint density at radius 2 is 1.38 bits per heavy atom. The molecule has 5 rings (SSSR count). The van der Waals surface area contributed by atoms with Gasteiger partial charge in [-0.1, -0.05) is 13.8 Å². The highest BCUT2D eigenvalue weighted by Crippen LogP contribution is 2.62. The highest BCUT2D eigenvalue weighted by Gasteiger charge is 2.56. The lowest BCUT2D eigenvalue weighted by atomic mass is 9.52. The highest BCUT2D eigenvalue weighted by molar-refractivity contribution is 5.89. The van der Waals surface area contributed by atoms with Crippen LogP contribution in [0.25, 0.3) is 0 Å². The van der Waals surface area contributed by atoms with E-state index in [1.165, 1.54) is 24.3 Å². The third-order valence-corrected chi connectivity index (χ3v) is 10.3. The minimum absolute atomic E-state index is 0.0101. The van der Waals surface area contributed by atoms with Gasteiger partial charge in [0.05, 0.1) is 31.8 Å². The molecule has 0 saturated heterocycles. The molecule has 0 radical (unpaired) electrons. The van der Waals surface area contributed by atoms with Gasteiger partial charge >= 0.3 is 11.4 Å². The monoisotopic (exact) mass is 622 g/mol. The van der Waals surface area contributed by atoms with Crippen molar-refractivity contribution < 1.29 is 19.7 Å². The minimum Gasteiger partial charge on any atom is -0.272 e. The van der Waals surface area contributed by atoms with Crippen molar-refractivity contribution in [1.29, 1.82) is 0 Å². The van der Waals surface area contributed by atoms with Crippen molar-refractivity contribution in [3.63, 3.8) is 0 Å². The van der Waals surface area contributed by atoms with Gasteiger partial charge in [-0.2, -0.15) is 10.2 Å².